The Morgan fingerprint density at radius 2 is 1.57 bits per heavy atom. The molecule has 0 spiro atoms. The van der Waals surface area contributed by atoms with Gasteiger partial charge >= 0.3 is 0 Å². The topological polar surface area (TPSA) is 40.6 Å². The summed E-state index contributed by atoms with van der Waals surface area (Å²) in [4.78, 5) is 29.2. The van der Waals surface area contributed by atoms with Crippen LogP contribution in [0, 0.1) is 5.82 Å². The molecule has 0 N–H and O–H groups in total. The van der Waals surface area contributed by atoms with E-state index >= 15 is 0 Å². The van der Waals surface area contributed by atoms with E-state index in [1.165, 1.54) is 17.9 Å². The minimum absolute atomic E-state index is 0.0553. The Bertz CT molecular complexity index is 1080. The normalized spacial score (nSPS) is 17.9. The van der Waals surface area contributed by atoms with Gasteiger partial charge < -0.3 is 4.90 Å². The van der Waals surface area contributed by atoms with Gasteiger partial charge in [-0.1, -0.05) is 48.5 Å². The molecule has 30 heavy (non-hydrogen) atoms. The molecule has 0 radical (unpaired) electrons. The minimum Gasteiger partial charge on any atom is -0.309 e. The average molecular weight is 402 g/mol. The Kier molecular flexibility index (Phi) is 5.36. The molecule has 4 rings (SSSR count). The van der Waals surface area contributed by atoms with Crippen molar-refractivity contribution >= 4 is 23.2 Å². The SMILES string of the molecule is CC(=O)N1c2ccccc2[C@H](N(C(=O)c2ccccc2)c2ccccc2F)C[C@@H]1C. The highest BCUT2D eigenvalue weighted by Gasteiger charge is 2.38. The third kappa shape index (κ3) is 3.47. The van der Waals surface area contributed by atoms with Crippen molar-refractivity contribution in [2.24, 2.45) is 0 Å². The van der Waals surface area contributed by atoms with Gasteiger partial charge in [0, 0.05) is 24.2 Å². The van der Waals surface area contributed by atoms with Crippen molar-refractivity contribution < 1.29 is 14.0 Å². The van der Waals surface area contributed by atoms with Crippen LogP contribution in [0.5, 0.6) is 0 Å². The Hall–Kier alpha value is -3.47. The summed E-state index contributed by atoms with van der Waals surface area (Å²) >= 11 is 0. The molecule has 1 aliphatic heterocycles. The highest BCUT2D eigenvalue weighted by molar-refractivity contribution is 6.07. The third-order valence-electron chi connectivity index (χ3n) is 5.56. The predicted octanol–water partition coefficient (Wildman–Crippen LogP) is 5.36. The van der Waals surface area contributed by atoms with Crippen molar-refractivity contribution in [2.75, 3.05) is 9.80 Å². The molecule has 1 aliphatic rings. The zero-order valence-corrected chi connectivity index (χ0v) is 17.0. The highest BCUT2D eigenvalue weighted by atomic mass is 19.1. The van der Waals surface area contributed by atoms with Crippen molar-refractivity contribution in [3.05, 3.63) is 95.8 Å². The van der Waals surface area contributed by atoms with E-state index in [0.717, 1.165) is 11.3 Å². The Morgan fingerprint density at radius 3 is 2.27 bits per heavy atom. The monoisotopic (exact) mass is 402 g/mol. The molecule has 0 unspecified atom stereocenters. The number of carbonyl (C=O) groups is 2. The molecule has 3 aromatic carbocycles. The summed E-state index contributed by atoms with van der Waals surface area (Å²) in [6, 6.07) is 22.2. The van der Waals surface area contributed by atoms with Gasteiger partial charge in [0.25, 0.3) is 5.91 Å². The number of anilines is 2. The van der Waals surface area contributed by atoms with E-state index < -0.39 is 11.9 Å². The van der Waals surface area contributed by atoms with Gasteiger partial charge in [0.1, 0.15) is 5.82 Å². The van der Waals surface area contributed by atoms with Crippen molar-refractivity contribution in [2.45, 2.75) is 32.4 Å². The average Bonchev–Trinajstić information content (AvgIpc) is 2.75. The summed E-state index contributed by atoms with van der Waals surface area (Å²) in [6.45, 7) is 3.49. The number of benzene rings is 3. The molecule has 0 saturated heterocycles. The first-order valence-corrected chi connectivity index (χ1v) is 10.0. The fourth-order valence-electron chi connectivity index (χ4n) is 4.29. The van der Waals surface area contributed by atoms with E-state index in [2.05, 4.69) is 0 Å². The van der Waals surface area contributed by atoms with Crippen molar-refractivity contribution in [1.82, 2.24) is 0 Å². The summed E-state index contributed by atoms with van der Waals surface area (Å²) < 4.78 is 14.9. The molecule has 2 amide bonds. The lowest BCUT2D eigenvalue weighted by Gasteiger charge is -2.43. The van der Waals surface area contributed by atoms with E-state index in [1.807, 2.05) is 37.3 Å². The molecular formula is C25H23FN2O2. The molecule has 152 valence electrons. The Balaban J connectivity index is 1.89. The lowest BCUT2D eigenvalue weighted by molar-refractivity contribution is -0.117. The van der Waals surface area contributed by atoms with Crippen molar-refractivity contribution in [3.63, 3.8) is 0 Å². The molecule has 0 aromatic heterocycles. The number of halogens is 1. The summed E-state index contributed by atoms with van der Waals surface area (Å²) in [5.74, 6) is -0.787. The summed E-state index contributed by atoms with van der Waals surface area (Å²) in [7, 11) is 0. The number of carbonyl (C=O) groups excluding carboxylic acids is 2. The molecule has 4 nitrogen and oxygen atoms in total. The van der Waals surface area contributed by atoms with Gasteiger partial charge in [-0.3, -0.25) is 14.5 Å². The van der Waals surface area contributed by atoms with Crippen LogP contribution in [0.15, 0.2) is 78.9 Å². The van der Waals surface area contributed by atoms with E-state index in [0.29, 0.717) is 12.0 Å². The van der Waals surface area contributed by atoms with Crippen LogP contribution in [0.25, 0.3) is 0 Å². The molecule has 0 saturated carbocycles. The van der Waals surface area contributed by atoms with E-state index in [9.17, 15) is 14.0 Å². The first kappa shape index (κ1) is 19.8. The number of amides is 2. The smallest absolute Gasteiger partial charge is 0.258 e. The highest BCUT2D eigenvalue weighted by Crippen LogP contribution is 2.43. The van der Waals surface area contributed by atoms with Gasteiger partial charge in [0.05, 0.1) is 11.7 Å². The van der Waals surface area contributed by atoms with Crippen LogP contribution in [-0.2, 0) is 4.79 Å². The lowest BCUT2D eigenvalue weighted by Crippen LogP contribution is -2.47. The summed E-state index contributed by atoms with van der Waals surface area (Å²) in [5.41, 5.74) is 2.31. The maximum atomic E-state index is 14.9. The molecular weight excluding hydrogens is 379 g/mol. The van der Waals surface area contributed by atoms with Crippen LogP contribution < -0.4 is 9.80 Å². The van der Waals surface area contributed by atoms with Crippen LogP contribution in [0.1, 0.15) is 42.2 Å². The number of hydrogen-bond donors (Lipinski definition) is 0. The molecule has 2 atom stereocenters. The maximum Gasteiger partial charge on any atom is 0.258 e. The van der Waals surface area contributed by atoms with Gasteiger partial charge in [-0.25, -0.2) is 4.39 Å². The fourth-order valence-corrected chi connectivity index (χ4v) is 4.29. The van der Waals surface area contributed by atoms with Gasteiger partial charge in [-0.2, -0.15) is 0 Å². The van der Waals surface area contributed by atoms with Crippen LogP contribution in [-0.4, -0.2) is 17.9 Å². The van der Waals surface area contributed by atoms with Crippen LogP contribution in [0.3, 0.4) is 0 Å². The number of nitrogens with zero attached hydrogens (tertiary/aromatic N) is 2. The third-order valence-corrected chi connectivity index (χ3v) is 5.56. The fraction of sp³-hybridized carbons (Fsp3) is 0.200. The van der Waals surface area contributed by atoms with E-state index in [1.54, 1.807) is 47.4 Å². The standard InChI is InChI=1S/C25H23FN2O2/c1-17-16-24(20-12-6-8-14-22(20)27(17)18(2)29)28(23-15-9-7-13-21(23)26)25(30)19-10-4-3-5-11-19/h3-15,17,24H,16H2,1-2H3/t17-,24+/m0/s1. The molecule has 0 fully saturated rings. The first-order chi connectivity index (χ1) is 14.5. The molecule has 5 heteroatoms. The van der Waals surface area contributed by atoms with Crippen molar-refractivity contribution in [1.29, 1.82) is 0 Å². The number of fused-ring (bicyclic) bond motifs is 1. The van der Waals surface area contributed by atoms with Gasteiger partial charge in [-0.05, 0) is 49.2 Å². The predicted molar refractivity (Wildman–Crippen MR) is 116 cm³/mol. The quantitative estimate of drug-likeness (QED) is 0.592. The Morgan fingerprint density at radius 1 is 0.933 bits per heavy atom. The second kappa shape index (κ2) is 8.11. The lowest BCUT2D eigenvalue weighted by atomic mass is 9.89. The van der Waals surface area contributed by atoms with E-state index in [4.69, 9.17) is 0 Å². The largest absolute Gasteiger partial charge is 0.309 e. The zero-order valence-electron chi connectivity index (χ0n) is 17.0. The number of rotatable bonds is 3. The Labute approximate surface area is 175 Å². The molecule has 0 aliphatic carbocycles. The molecule has 1 heterocycles. The van der Waals surface area contributed by atoms with Crippen LogP contribution in [0.2, 0.25) is 0 Å². The van der Waals surface area contributed by atoms with Gasteiger partial charge in [0.2, 0.25) is 5.91 Å². The first-order valence-electron chi connectivity index (χ1n) is 10.0. The summed E-state index contributed by atoms with van der Waals surface area (Å²) in [6.07, 6.45) is 0.503. The molecule has 0 bridgehead atoms. The van der Waals surface area contributed by atoms with E-state index in [-0.39, 0.29) is 23.5 Å². The minimum atomic E-state index is -0.457. The summed E-state index contributed by atoms with van der Waals surface area (Å²) in [5, 5.41) is 0. The zero-order chi connectivity index (χ0) is 21.3. The van der Waals surface area contributed by atoms with Crippen LogP contribution in [0.4, 0.5) is 15.8 Å². The second-order valence-electron chi connectivity index (χ2n) is 7.54. The second-order valence-corrected chi connectivity index (χ2v) is 7.54. The van der Waals surface area contributed by atoms with Crippen molar-refractivity contribution in [3.8, 4) is 0 Å². The number of para-hydroxylation sites is 2. The molecule has 3 aromatic rings. The van der Waals surface area contributed by atoms with Gasteiger partial charge in [0.15, 0.2) is 0 Å². The van der Waals surface area contributed by atoms with Gasteiger partial charge in [-0.15, -0.1) is 0 Å². The number of hydrogen-bond acceptors (Lipinski definition) is 2. The maximum absolute atomic E-state index is 14.9. The van der Waals surface area contributed by atoms with Crippen LogP contribution >= 0.6 is 0 Å².